The largest absolute Gasteiger partial charge is 0.629 e. The SMILES string of the molecule is C[NH+]([O-])c1ccc(OC(=O)OC2COCOC2)cc1. The maximum Gasteiger partial charge on any atom is 0.514 e. The highest BCUT2D eigenvalue weighted by Crippen LogP contribution is 2.14. The fraction of sp³-hybridized carbons (Fsp3) is 0.417. The second-order valence-corrected chi connectivity index (χ2v) is 4.03. The Morgan fingerprint density at radius 2 is 1.95 bits per heavy atom. The normalized spacial score (nSPS) is 17.8. The number of nitrogens with one attached hydrogen (secondary N) is 1. The average Bonchev–Trinajstić information content (AvgIpc) is 2.40. The predicted octanol–water partition coefficient (Wildman–Crippen LogP) is 0.219. The van der Waals surface area contributed by atoms with E-state index < -0.39 is 12.3 Å². The Morgan fingerprint density at radius 3 is 2.53 bits per heavy atom. The van der Waals surface area contributed by atoms with Gasteiger partial charge in [-0.15, -0.1) is 0 Å². The lowest BCUT2D eigenvalue weighted by Gasteiger charge is -2.21. The lowest BCUT2D eigenvalue weighted by Crippen LogP contribution is -2.98. The number of benzene rings is 1. The van der Waals surface area contributed by atoms with E-state index in [0.29, 0.717) is 24.7 Å². The van der Waals surface area contributed by atoms with Crippen LogP contribution in [0.5, 0.6) is 5.75 Å². The zero-order valence-corrected chi connectivity index (χ0v) is 10.5. The quantitative estimate of drug-likeness (QED) is 0.480. The van der Waals surface area contributed by atoms with Crippen molar-refractivity contribution >= 4 is 11.8 Å². The summed E-state index contributed by atoms with van der Waals surface area (Å²) >= 11 is 0. The molecule has 0 radical (unpaired) electrons. The molecule has 104 valence electrons. The second kappa shape index (κ2) is 6.48. The van der Waals surface area contributed by atoms with Gasteiger partial charge in [0.2, 0.25) is 0 Å². The highest BCUT2D eigenvalue weighted by atomic mass is 16.8. The number of ether oxygens (including phenoxy) is 4. The van der Waals surface area contributed by atoms with Gasteiger partial charge in [-0.05, 0) is 12.1 Å². The average molecular weight is 269 g/mol. The topological polar surface area (TPSA) is 81.5 Å². The van der Waals surface area contributed by atoms with E-state index in [1.807, 2.05) is 0 Å². The smallest absolute Gasteiger partial charge is 0.514 e. The fourth-order valence-corrected chi connectivity index (χ4v) is 1.55. The van der Waals surface area contributed by atoms with Gasteiger partial charge in [0.1, 0.15) is 18.2 Å². The summed E-state index contributed by atoms with van der Waals surface area (Å²) in [6.07, 6.45) is -1.28. The molecule has 0 amide bonds. The minimum atomic E-state index is -0.824. The first kappa shape index (κ1) is 13.8. The van der Waals surface area contributed by atoms with Gasteiger partial charge in [-0.2, -0.15) is 0 Å². The predicted molar refractivity (Wildman–Crippen MR) is 64.0 cm³/mol. The van der Waals surface area contributed by atoms with Crippen LogP contribution < -0.4 is 9.80 Å². The third kappa shape index (κ3) is 4.18. The molecule has 1 aromatic rings. The van der Waals surface area contributed by atoms with Gasteiger partial charge in [0.15, 0.2) is 6.10 Å². The molecule has 0 aliphatic carbocycles. The van der Waals surface area contributed by atoms with Crippen LogP contribution >= 0.6 is 0 Å². The Kier molecular flexibility index (Phi) is 4.69. The summed E-state index contributed by atoms with van der Waals surface area (Å²) in [7, 11) is 1.47. The molecule has 1 unspecified atom stereocenters. The highest BCUT2D eigenvalue weighted by Gasteiger charge is 2.20. The molecule has 0 spiro atoms. The van der Waals surface area contributed by atoms with Crippen molar-refractivity contribution in [3.63, 3.8) is 0 Å². The van der Waals surface area contributed by atoms with E-state index in [-0.39, 0.29) is 11.9 Å². The Hall–Kier alpha value is -1.67. The molecule has 1 fully saturated rings. The van der Waals surface area contributed by atoms with Crippen molar-refractivity contribution < 1.29 is 28.8 Å². The second-order valence-electron chi connectivity index (χ2n) is 4.03. The molecule has 1 aliphatic heterocycles. The highest BCUT2D eigenvalue weighted by molar-refractivity contribution is 5.64. The van der Waals surface area contributed by atoms with Crippen LogP contribution in [0, 0.1) is 5.21 Å². The molecule has 1 saturated heterocycles. The van der Waals surface area contributed by atoms with Crippen LogP contribution in [0.2, 0.25) is 0 Å². The van der Waals surface area contributed by atoms with E-state index in [4.69, 9.17) is 18.9 Å². The first-order chi connectivity index (χ1) is 9.15. The molecule has 2 rings (SSSR count). The Balaban J connectivity index is 1.84. The monoisotopic (exact) mass is 269 g/mol. The van der Waals surface area contributed by atoms with Gasteiger partial charge >= 0.3 is 6.16 Å². The summed E-state index contributed by atoms with van der Waals surface area (Å²) in [4.78, 5) is 11.5. The van der Waals surface area contributed by atoms with Crippen molar-refractivity contribution in [2.24, 2.45) is 0 Å². The Bertz CT molecular complexity index is 413. The molecule has 1 N–H and O–H groups in total. The van der Waals surface area contributed by atoms with Crippen molar-refractivity contribution in [3.05, 3.63) is 29.5 Å². The molecule has 7 nitrogen and oxygen atoms in total. The third-order valence-electron chi connectivity index (χ3n) is 2.50. The fourth-order valence-electron chi connectivity index (χ4n) is 1.55. The number of hydrogen-bond acceptors (Lipinski definition) is 6. The first-order valence-corrected chi connectivity index (χ1v) is 5.80. The first-order valence-electron chi connectivity index (χ1n) is 5.80. The van der Waals surface area contributed by atoms with Gasteiger partial charge < -0.3 is 29.2 Å². The van der Waals surface area contributed by atoms with Crippen molar-refractivity contribution in [1.29, 1.82) is 0 Å². The molecule has 1 heterocycles. The number of carbonyl (C=O) groups is 1. The van der Waals surface area contributed by atoms with Gasteiger partial charge in [0.05, 0.1) is 20.3 Å². The zero-order chi connectivity index (χ0) is 13.7. The van der Waals surface area contributed by atoms with E-state index >= 15 is 0 Å². The van der Waals surface area contributed by atoms with Gasteiger partial charge in [-0.1, -0.05) is 0 Å². The van der Waals surface area contributed by atoms with Gasteiger partial charge in [0.25, 0.3) is 0 Å². The van der Waals surface area contributed by atoms with E-state index in [0.717, 1.165) is 0 Å². The number of quaternary nitrogens is 1. The van der Waals surface area contributed by atoms with Crippen molar-refractivity contribution in [1.82, 2.24) is 0 Å². The number of carbonyl (C=O) groups excluding carboxylic acids is 1. The summed E-state index contributed by atoms with van der Waals surface area (Å²) in [6, 6.07) is 6.23. The van der Waals surface area contributed by atoms with Gasteiger partial charge in [-0.25, -0.2) is 4.79 Å². The Labute approximate surface area is 110 Å². The minimum absolute atomic E-state index is 0.0503. The molecule has 19 heavy (non-hydrogen) atoms. The molecule has 1 atom stereocenters. The lowest BCUT2D eigenvalue weighted by atomic mass is 10.3. The summed E-state index contributed by atoms with van der Waals surface area (Å²) in [5, 5.41) is 11.0. The van der Waals surface area contributed by atoms with Gasteiger partial charge in [0, 0.05) is 12.1 Å². The van der Waals surface area contributed by atoms with E-state index in [9.17, 15) is 10.0 Å². The van der Waals surface area contributed by atoms with Crippen LogP contribution in [0.25, 0.3) is 0 Å². The number of hydrogen-bond donors (Lipinski definition) is 1. The van der Waals surface area contributed by atoms with Crippen molar-refractivity contribution in [3.8, 4) is 5.75 Å². The van der Waals surface area contributed by atoms with Crippen LogP contribution in [0.15, 0.2) is 24.3 Å². The van der Waals surface area contributed by atoms with Crippen LogP contribution in [-0.2, 0) is 14.2 Å². The number of hydroxylamine groups is 1. The third-order valence-corrected chi connectivity index (χ3v) is 2.50. The molecular formula is C12H15NO6. The molecule has 0 aromatic heterocycles. The van der Waals surface area contributed by atoms with E-state index in [2.05, 4.69) is 0 Å². The van der Waals surface area contributed by atoms with Crippen molar-refractivity contribution in [2.45, 2.75) is 6.10 Å². The summed E-state index contributed by atoms with van der Waals surface area (Å²) in [5.74, 6) is 0.313. The maximum absolute atomic E-state index is 11.5. The standard InChI is InChI=1S/C12H15NO6/c1-13(15)9-2-4-10(5-3-9)18-12(14)19-11-6-16-8-17-7-11/h2-5,11,13H,6-8H2,1H3. The molecular weight excluding hydrogens is 254 g/mol. The van der Waals surface area contributed by atoms with E-state index in [1.54, 1.807) is 12.1 Å². The number of rotatable bonds is 3. The Morgan fingerprint density at radius 1 is 1.32 bits per heavy atom. The minimum Gasteiger partial charge on any atom is -0.629 e. The van der Waals surface area contributed by atoms with Crippen LogP contribution in [0.4, 0.5) is 10.5 Å². The lowest BCUT2D eigenvalue weighted by molar-refractivity contribution is -0.751. The summed E-state index contributed by atoms with van der Waals surface area (Å²) < 4.78 is 19.9. The van der Waals surface area contributed by atoms with Crippen molar-refractivity contribution in [2.75, 3.05) is 27.1 Å². The van der Waals surface area contributed by atoms with Crippen LogP contribution in [0.1, 0.15) is 0 Å². The van der Waals surface area contributed by atoms with Crippen LogP contribution in [-0.4, -0.2) is 39.3 Å². The molecule has 7 heteroatoms. The maximum atomic E-state index is 11.5. The van der Waals surface area contributed by atoms with Crippen LogP contribution in [0.3, 0.4) is 0 Å². The van der Waals surface area contributed by atoms with Gasteiger partial charge in [-0.3, -0.25) is 0 Å². The van der Waals surface area contributed by atoms with E-state index in [1.165, 1.54) is 19.2 Å². The summed E-state index contributed by atoms with van der Waals surface area (Å²) in [5.41, 5.74) is 0.551. The summed E-state index contributed by atoms with van der Waals surface area (Å²) in [6.45, 7) is 0.790. The molecule has 1 aromatic carbocycles. The molecule has 0 saturated carbocycles. The zero-order valence-electron chi connectivity index (χ0n) is 10.5. The molecule has 1 aliphatic rings. The molecule has 0 bridgehead atoms.